The molecule has 1 heterocycles. The van der Waals surface area contributed by atoms with Gasteiger partial charge in [-0.05, 0) is 18.4 Å². The number of aromatic nitrogens is 2. The van der Waals surface area contributed by atoms with Gasteiger partial charge in [0, 0.05) is 5.56 Å². The molecule has 8 heteroatoms. The fourth-order valence-corrected chi connectivity index (χ4v) is 2.47. The molecule has 1 aromatic carbocycles. The van der Waals surface area contributed by atoms with Crippen LogP contribution in [0.15, 0.2) is 22.1 Å². The van der Waals surface area contributed by atoms with Crippen molar-refractivity contribution >= 4 is 23.4 Å². The lowest BCUT2D eigenvalue weighted by Gasteiger charge is -2.11. The lowest BCUT2D eigenvalue weighted by Crippen LogP contribution is -2.14. The number of hydrogen-bond donors (Lipinski definition) is 2. The summed E-state index contributed by atoms with van der Waals surface area (Å²) in [5.74, 6) is -0.0782. The molecule has 1 aromatic heterocycles. The fourth-order valence-electron chi connectivity index (χ4n) is 1.77. The van der Waals surface area contributed by atoms with E-state index in [-0.39, 0.29) is 27.8 Å². The van der Waals surface area contributed by atoms with Gasteiger partial charge in [0.05, 0.1) is 17.8 Å². The number of aromatic amines is 1. The van der Waals surface area contributed by atoms with Gasteiger partial charge >= 0.3 is 0 Å². The second kappa shape index (κ2) is 6.08. The Hall–Kier alpha value is -2.17. The molecule has 0 fully saturated rings. The monoisotopic (exact) mass is 323 g/mol. The van der Waals surface area contributed by atoms with E-state index in [1.54, 1.807) is 6.26 Å². The van der Waals surface area contributed by atoms with Crippen LogP contribution in [0.5, 0.6) is 11.5 Å². The number of H-pyrrole nitrogens is 1. The predicted molar refractivity (Wildman–Crippen MR) is 80.0 cm³/mol. The molecule has 0 amide bonds. The Labute approximate surface area is 129 Å². The molecule has 6 nitrogen and oxygen atoms in total. The van der Waals surface area contributed by atoms with Crippen molar-refractivity contribution in [3.63, 3.8) is 0 Å². The summed E-state index contributed by atoms with van der Waals surface area (Å²) in [6.45, 7) is 0. The maximum absolute atomic E-state index is 11.9. The molecule has 0 spiro atoms. The third-order valence-electron chi connectivity index (χ3n) is 2.74. The smallest absolute Gasteiger partial charge is 0.270 e. The molecule has 0 aliphatic rings. The first-order valence-electron chi connectivity index (χ1n) is 5.67. The van der Waals surface area contributed by atoms with Crippen LogP contribution >= 0.6 is 23.4 Å². The van der Waals surface area contributed by atoms with Crippen molar-refractivity contribution in [2.45, 2.75) is 5.16 Å². The minimum Gasteiger partial charge on any atom is -0.504 e. The van der Waals surface area contributed by atoms with Crippen molar-refractivity contribution in [1.29, 1.82) is 5.26 Å². The molecule has 0 saturated heterocycles. The Morgan fingerprint density at radius 3 is 2.81 bits per heavy atom. The standard InChI is InChI=1S/C13H10ClN3O3S/c1-20-11-8(18)4-3-6(9(11)14)10-7(5-15)12(19)17-13(16-10)21-2/h3-4,18H,1-2H3,(H,16,17,19). The SMILES string of the molecule is COc1c(O)ccc(-c2nc(SC)[nH]c(=O)c2C#N)c1Cl. The quantitative estimate of drug-likeness (QED) is 0.664. The third kappa shape index (κ3) is 2.68. The molecule has 2 N–H and O–H groups in total. The highest BCUT2D eigenvalue weighted by Gasteiger charge is 2.19. The molecule has 2 aromatic rings. The molecule has 2 rings (SSSR count). The van der Waals surface area contributed by atoms with E-state index in [9.17, 15) is 9.90 Å². The van der Waals surface area contributed by atoms with Gasteiger partial charge in [0.1, 0.15) is 11.6 Å². The van der Waals surface area contributed by atoms with Crippen LogP contribution in [-0.4, -0.2) is 28.4 Å². The number of hydrogen-bond acceptors (Lipinski definition) is 6. The van der Waals surface area contributed by atoms with Crippen molar-refractivity contribution in [3.05, 3.63) is 33.1 Å². The Morgan fingerprint density at radius 1 is 1.52 bits per heavy atom. The number of nitriles is 1. The van der Waals surface area contributed by atoms with Crippen LogP contribution in [0.1, 0.15) is 5.56 Å². The van der Waals surface area contributed by atoms with Crippen LogP contribution in [0.3, 0.4) is 0 Å². The van der Waals surface area contributed by atoms with Gasteiger partial charge < -0.3 is 14.8 Å². The molecule has 0 aliphatic heterocycles. The number of nitrogens with zero attached hydrogens (tertiary/aromatic N) is 2. The summed E-state index contributed by atoms with van der Waals surface area (Å²) in [7, 11) is 1.36. The van der Waals surface area contributed by atoms with E-state index in [4.69, 9.17) is 21.6 Å². The molecule has 0 unspecified atom stereocenters. The lowest BCUT2D eigenvalue weighted by atomic mass is 10.1. The van der Waals surface area contributed by atoms with E-state index >= 15 is 0 Å². The van der Waals surface area contributed by atoms with Gasteiger partial charge in [0.2, 0.25) is 0 Å². The van der Waals surface area contributed by atoms with Crippen LogP contribution in [0.4, 0.5) is 0 Å². The Bertz CT molecular complexity index is 798. The zero-order chi connectivity index (χ0) is 15.6. The molecule has 0 saturated carbocycles. The van der Waals surface area contributed by atoms with E-state index in [2.05, 4.69) is 9.97 Å². The van der Waals surface area contributed by atoms with Gasteiger partial charge in [-0.3, -0.25) is 4.79 Å². The van der Waals surface area contributed by atoms with Gasteiger partial charge in [0.15, 0.2) is 16.7 Å². The van der Waals surface area contributed by atoms with Crippen LogP contribution < -0.4 is 10.3 Å². The molecule has 21 heavy (non-hydrogen) atoms. The number of nitrogens with one attached hydrogen (secondary N) is 1. The van der Waals surface area contributed by atoms with Gasteiger partial charge in [-0.2, -0.15) is 5.26 Å². The second-order valence-electron chi connectivity index (χ2n) is 3.89. The highest BCUT2D eigenvalue weighted by Crippen LogP contribution is 2.41. The van der Waals surface area contributed by atoms with E-state index in [1.807, 2.05) is 6.07 Å². The van der Waals surface area contributed by atoms with Gasteiger partial charge in [-0.15, -0.1) is 0 Å². The number of halogens is 1. The Balaban J connectivity index is 2.82. The van der Waals surface area contributed by atoms with Crippen LogP contribution in [0.2, 0.25) is 5.02 Å². The van der Waals surface area contributed by atoms with Crippen molar-refractivity contribution in [1.82, 2.24) is 9.97 Å². The summed E-state index contributed by atoms with van der Waals surface area (Å²) in [6, 6.07) is 4.66. The summed E-state index contributed by atoms with van der Waals surface area (Å²) in [5, 5.41) is 19.3. The second-order valence-corrected chi connectivity index (χ2v) is 5.06. The molecule has 0 radical (unpaired) electrons. The number of rotatable bonds is 3. The van der Waals surface area contributed by atoms with Gasteiger partial charge in [-0.1, -0.05) is 23.4 Å². The first-order chi connectivity index (χ1) is 10.0. The molecule has 108 valence electrons. The van der Waals surface area contributed by atoms with Crippen molar-refractivity contribution in [2.75, 3.05) is 13.4 Å². The van der Waals surface area contributed by atoms with Gasteiger partial charge in [0.25, 0.3) is 5.56 Å². The summed E-state index contributed by atoms with van der Waals surface area (Å²) < 4.78 is 5.01. The Morgan fingerprint density at radius 2 is 2.24 bits per heavy atom. The van der Waals surface area contributed by atoms with Crippen molar-refractivity contribution in [3.8, 4) is 28.8 Å². The molecule has 0 aliphatic carbocycles. The van der Waals surface area contributed by atoms with E-state index < -0.39 is 5.56 Å². The number of benzene rings is 1. The van der Waals surface area contributed by atoms with Gasteiger partial charge in [-0.25, -0.2) is 4.98 Å². The van der Waals surface area contributed by atoms with Crippen LogP contribution in [0.25, 0.3) is 11.3 Å². The number of thioether (sulfide) groups is 1. The van der Waals surface area contributed by atoms with E-state index in [0.717, 1.165) is 0 Å². The number of phenolic OH excluding ortho intramolecular Hbond substituents is 1. The maximum atomic E-state index is 11.9. The van der Waals surface area contributed by atoms with E-state index in [0.29, 0.717) is 10.7 Å². The first-order valence-corrected chi connectivity index (χ1v) is 7.28. The number of ether oxygens (including phenoxy) is 1. The lowest BCUT2D eigenvalue weighted by molar-refractivity contribution is 0.374. The molecular formula is C13H10ClN3O3S. The average molecular weight is 324 g/mol. The normalized spacial score (nSPS) is 10.2. The third-order valence-corrected chi connectivity index (χ3v) is 3.69. The minimum atomic E-state index is -0.546. The summed E-state index contributed by atoms with van der Waals surface area (Å²) in [6.07, 6.45) is 1.74. The fraction of sp³-hybridized carbons (Fsp3) is 0.154. The van der Waals surface area contributed by atoms with E-state index in [1.165, 1.54) is 31.0 Å². The molecular weight excluding hydrogens is 314 g/mol. The largest absolute Gasteiger partial charge is 0.504 e. The summed E-state index contributed by atoms with van der Waals surface area (Å²) >= 11 is 7.40. The number of methoxy groups -OCH3 is 1. The topological polar surface area (TPSA) is 99.0 Å². The van der Waals surface area contributed by atoms with Crippen molar-refractivity contribution < 1.29 is 9.84 Å². The molecule has 0 bridgehead atoms. The Kier molecular flexibility index (Phi) is 4.40. The summed E-state index contributed by atoms with van der Waals surface area (Å²) in [5.41, 5.74) is -0.212. The predicted octanol–water partition coefficient (Wildman–Crippen LogP) is 2.40. The van der Waals surface area contributed by atoms with Crippen LogP contribution in [-0.2, 0) is 0 Å². The molecule has 0 atom stereocenters. The number of aromatic hydroxyl groups is 1. The van der Waals surface area contributed by atoms with Crippen molar-refractivity contribution in [2.24, 2.45) is 0 Å². The summed E-state index contributed by atoms with van der Waals surface area (Å²) in [4.78, 5) is 18.6. The zero-order valence-corrected chi connectivity index (χ0v) is 12.7. The van der Waals surface area contributed by atoms with Crippen LogP contribution in [0, 0.1) is 11.3 Å². The highest BCUT2D eigenvalue weighted by atomic mass is 35.5. The average Bonchev–Trinajstić information content (AvgIpc) is 2.47. The maximum Gasteiger partial charge on any atom is 0.270 e. The first kappa shape index (κ1) is 15.2. The minimum absolute atomic E-state index is 0.0610. The number of phenols is 1. The zero-order valence-electron chi connectivity index (χ0n) is 11.1. The highest BCUT2D eigenvalue weighted by molar-refractivity contribution is 7.98.